The highest BCUT2D eigenvalue weighted by Crippen LogP contribution is 2.34. The molecule has 1 atom stereocenters. The number of alkyl halides is 3. The highest BCUT2D eigenvalue weighted by Gasteiger charge is 2.32. The first-order valence-electron chi connectivity index (χ1n) is 10.7. The van der Waals surface area contributed by atoms with Gasteiger partial charge in [0.1, 0.15) is 11.9 Å². The summed E-state index contributed by atoms with van der Waals surface area (Å²) in [6.07, 6.45) is 5.58. The molecule has 3 rings (SSSR count). The molecule has 0 aromatic carbocycles. The number of ether oxygens (including phenoxy) is 2. The van der Waals surface area contributed by atoms with Gasteiger partial charge in [-0.1, -0.05) is 25.2 Å². The monoisotopic (exact) mass is 447 g/mol. The molecule has 2 aromatic rings. The van der Waals surface area contributed by atoms with Crippen LogP contribution in [0.1, 0.15) is 57.0 Å². The first-order chi connectivity index (χ1) is 15.4. The molecular formula is C24H28F3N3O2. The molecule has 5 nitrogen and oxygen atoms in total. The zero-order chi connectivity index (χ0) is 23.1. The van der Waals surface area contributed by atoms with Crippen LogP contribution in [0.15, 0.2) is 54.3 Å². The van der Waals surface area contributed by atoms with Crippen molar-refractivity contribution in [2.45, 2.75) is 58.4 Å². The van der Waals surface area contributed by atoms with Gasteiger partial charge < -0.3 is 9.47 Å². The smallest absolute Gasteiger partial charge is 0.416 e. The Balaban J connectivity index is 1.98. The van der Waals surface area contributed by atoms with E-state index in [1.165, 1.54) is 13.2 Å². The quantitative estimate of drug-likeness (QED) is 0.458. The summed E-state index contributed by atoms with van der Waals surface area (Å²) < 4.78 is 53.6. The minimum Gasteiger partial charge on any atom is -0.484 e. The molecule has 0 N–H and O–H groups in total. The molecule has 2 aromatic heterocycles. The summed E-state index contributed by atoms with van der Waals surface area (Å²) in [5.74, 6) is 1.07. The number of allylic oxidation sites excluding steroid dienone is 6. The molecule has 8 heteroatoms. The van der Waals surface area contributed by atoms with E-state index in [-0.39, 0.29) is 6.10 Å². The van der Waals surface area contributed by atoms with Crippen LogP contribution in [0.3, 0.4) is 0 Å². The number of aromatic nitrogens is 3. The van der Waals surface area contributed by atoms with Gasteiger partial charge in [0.2, 0.25) is 5.88 Å². The van der Waals surface area contributed by atoms with Gasteiger partial charge in [0.25, 0.3) is 0 Å². The van der Waals surface area contributed by atoms with Crippen LogP contribution in [0.25, 0.3) is 5.57 Å². The number of rotatable bonds is 7. The average Bonchev–Trinajstić information content (AvgIpc) is 3.10. The Morgan fingerprint density at radius 1 is 1.28 bits per heavy atom. The van der Waals surface area contributed by atoms with Crippen LogP contribution in [0.5, 0.6) is 11.6 Å². The Morgan fingerprint density at radius 2 is 2.09 bits per heavy atom. The maximum Gasteiger partial charge on any atom is 0.416 e. The van der Waals surface area contributed by atoms with Crippen molar-refractivity contribution in [3.05, 3.63) is 65.7 Å². The molecule has 0 radical (unpaired) electrons. The van der Waals surface area contributed by atoms with Gasteiger partial charge in [-0.2, -0.15) is 18.3 Å². The molecule has 0 bridgehead atoms. The van der Waals surface area contributed by atoms with E-state index in [4.69, 9.17) is 9.47 Å². The third kappa shape index (κ3) is 5.81. The maximum absolute atomic E-state index is 13.5. The van der Waals surface area contributed by atoms with Crippen LogP contribution in [0.4, 0.5) is 13.2 Å². The lowest BCUT2D eigenvalue weighted by molar-refractivity contribution is -0.0883. The SMILES string of the molecule is C\C=C/C(=C\C(=C\CC)C(F)(F)F)c1cc2n(n1)CCCCC2Oc1ccnc(OC)c1. The summed E-state index contributed by atoms with van der Waals surface area (Å²) in [5, 5.41) is 4.64. The Morgan fingerprint density at radius 3 is 2.78 bits per heavy atom. The number of pyridine rings is 1. The molecule has 32 heavy (non-hydrogen) atoms. The van der Waals surface area contributed by atoms with Crippen molar-refractivity contribution in [2.75, 3.05) is 7.11 Å². The van der Waals surface area contributed by atoms with Gasteiger partial charge in [-0.25, -0.2) is 4.98 Å². The molecule has 0 saturated heterocycles. The summed E-state index contributed by atoms with van der Waals surface area (Å²) in [4.78, 5) is 4.09. The Bertz CT molecular complexity index is 1010. The molecule has 0 spiro atoms. The number of hydrogen-bond acceptors (Lipinski definition) is 4. The summed E-state index contributed by atoms with van der Waals surface area (Å²) >= 11 is 0. The van der Waals surface area contributed by atoms with E-state index in [9.17, 15) is 13.2 Å². The van der Waals surface area contributed by atoms with E-state index < -0.39 is 11.7 Å². The second kappa shape index (κ2) is 10.5. The van der Waals surface area contributed by atoms with Gasteiger partial charge in [0.05, 0.1) is 24.1 Å². The molecule has 1 aliphatic heterocycles. The molecule has 0 aliphatic carbocycles. The van der Waals surface area contributed by atoms with Gasteiger partial charge in [-0.3, -0.25) is 4.68 Å². The highest BCUT2D eigenvalue weighted by atomic mass is 19.4. The summed E-state index contributed by atoms with van der Waals surface area (Å²) in [6, 6.07) is 5.30. The van der Waals surface area contributed by atoms with Crippen LogP contribution in [-0.4, -0.2) is 28.1 Å². The second-order valence-corrected chi connectivity index (χ2v) is 7.48. The standard InChI is InChI=1S/C24H28F3N3O2/c1-4-8-17(14-18(9-5-2)24(25,26)27)20-16-21-22(10-6-7-13-30(21)29-20)32-19-11-12-28-23(15-19)31-3/h4,8-9,11-12,14-16,22H,5-7,10,13H2,1-3H3/b8-4-,17-14+,18-9-. The van der Waals surface area contributed by atoms with E-state index in [1.807, 2.05) is 10.7 Å². The number of halogens is 3. The van der Waals surface area contributed by atoms with Crippen molar-refractivity contribution >= 4 is 5.57 Å². The molecule has 1 unspecified atom stereocenters. The fourth-order valence-electron chi connectivity index (χ4n) is 3.64. The van der Waals surface area contributed by atoms with Crippen molar-refractivity contribution in [3.63, 3.8) is 0 Å². The number of aryl methyl sites for hydroxylation is 1. The third-order valence-electron chi connectivity index (χ3n) is 5.13. The third-order valence-corrected chi connectivity index (χ3v) is 5.13. The zero-order valence-electron chi connectivity index (χ0n) is 18.5. The Labute approximate surface area is 186 Å². The van der Waals surface area contributed by atoms with E-state index in [0.29, 0.717) is 35.9 Å². The van der Waals surface area contributed by atoms with E-state index in [1.54, 1.807) is 44.3 Å². The van der Waals surface area contributed by atoms with Crippen LogP contribution in [-0.2, 0) is 6.54 Å². The molecule has 172 valence electrons. The van der Waals surface area contributed by atoms with E-state index >= 15 is 0 Å². The summed E-state index contributed by atoms with van der Waals surface area (Å²) in [5.41, 5.74) is 1.08. The lowest BCUT2D eigenvalue weighted by atomic mass is 10.0. The van der Waals surface area contributed by atoms with Crippen LogP contribution >= 0.6 is 0 Å². The van der Waals surface area contributed by atoms with Crippen molar-refractivity contribution in [1.29, 1.82) is 0 Å². The van der Waals surface area contributed by atoms with Gasteiger partial charge >= 0.3 is 6.18 Å². The van der Waals surface area contributed by atoms with E-state index in [0.717, 1.165) is 31.0 Å². The molecule has 1 aliphatic rings. The van der Waals surface area contributed by atoms with E-state index in [2.05, 4.69) is 10.1 Å². The van der Waals surface area contributed by atoms with Gasteiger partial charge in [-0.15, -0.1) is 0 Å². The first-order valence-corrected chi connectivity index (χ1v) is 10.7. The Kier molecular flexibility index (Phi) is 7.77. The number of fused-ring (bicyclic) bond motifs is 1. The number of methoxy groups -OCH3 is 1. The predicted octanol–water partition coefficient (Wildman–Crippen LogP) is 6.45. The largest absolute Gasteiger partial charge is 0.484 e. The molecule has 0 saturated carbocycles. The fraction of sp³-hybridized carbons (Fsp3) is 0.417. The first kappa shape index (κ1) is 23.6. The second-order valence-electron chi connectivity index (χ2n) is 7.48. The molecule has 0 fully saturated rings. The van der Waals surface area contributed by atoms with Gasteiger partial charge in [0, 0.05) is 24.4 Å². The van der Waals surface area contributed by atoms with Crippen molar-refractivity contribution in [1.82, 2.24) is 14.8 Å². The van der Waals surface area contributed by atoms with Crippen molar-refractivity contribution in [2.24, 2.45) is 0 Å². The number of nitrogens with zero attached hydrogens (tertiary/aromatic N) is 3. The van der Waals surface area contributed by atoms with Crippen LogP contribution in [0, 0.1) is 0 Å². The maximum atomic E-state index is 13.5. The van der Waals surface area contributed by atoms with Crippen molar-refractivity contribution < 1.29 is 22.6 Å². The minimum absolute atomic E-state index is 0.272. The highest BCUT2D eigenvalue weighted by molar-refractivity contribution is 5.74. The summed E-state index contributed by atoms with van der Waals surface area (Å²) in [6.45, 7) is 4.15. The van der Waals surface area contributed by atoms with Gasteiger partial charge in [-0.05, 0) is 50.8 Å². The van der Waals surface area contributed by atoms with Crippen LogP contribution < -0.4 is 9.47 Å². The van der Waals surface area contributed by atoms with Crippen molar-refractivity contribution in [3.8, 4) is 11.6 Å². The molecular weight excluding hydrogens is 419 g/mol. The Hall–Kier alpha value is -3.03. The lowest BCUT2D eigenvalue weighted by Crippen LogP contribution is -2.11. The number of hydrogen-bond donors (Lipinski definition) is 0. The molecule has 3 heterocycles. The lowest BCUT2D eigenvalue weighted by Gasteiger charge is -2.17. The average molecular weight is 448 g/mol. The van der Waals surface area contributed by atoms with Gasteiger partial charge in [0.15, 0.2) is 0 Å². The fourth-order valence-corrected chi connectivity index (χ4v) is 3.64. The zero-order valence-corrected chi connectivity index (χ0v) is 18.5. The van der Waals surface area contributed by atoms with Crippen LogP contribution in [0.2, 0.25) is 0 Å². The topological polar surface area (TPSA) is 49.2 Å². The normalized spacial score (nSPS) is 17.9. The predicted molar refractivity (Wildman–Crippen MR) is 117 cm³/mol. The summed E-state index contributed by atoms with van der Waals surface area (Å²) in [7, 11) is 1.54. The molecule has 0 amide bonds. The minimum atomic E-state index is -4.42.